The average molecular weight is 461 g/mol. The third kappa shape index (κ3) is 3.11. The van der Waals surface area contributed by atoms with Gasteiger partial charge in [0.2, 0.25) is 0 Å². The number of ketones is 1. The number of epoxide rings is 1. The van der Waals surface area contributed by atoms with Gasteiger partial charge in [0.05, 0.1) is 7.11 Å². The summed E-state index contributed by atoms with van der Waals surface area (Å²) in [6.45, 7) is 8.27. The Hall–Kier alpha value is -1.43. The lowest BCUT2D eigenvalue weighted by atomic mass is 9.43. The van der Waals surface area contributed by atoms with Crippen molar-refractivity contribution in [1.29, 1.82) is 0 Å². The summed E-state index contributed by atoms with van der Waals surface area (Å²) >= 11 is 0. The van der Waals surface area contributed by atoms with Crippen molar-refractivity contribution in [2.45, 2.75) is 103 Å². The molecule has 10 atom stereocenters. The summed E-state index contributed by atoms with van der Waals surface area (Å²) < 4.78 is 17.0. The number of ether oxygens (including phenoxy) is 3. The molecular weight excluding hydrogens is 420 g/mol. The second-order valence-corrected chi connectivity index (χ2v) is 12.1. The van der Waals surface area contributed by atoms with Crippen molar-refractivity contribution in [1.82, 2.24) is 0 Å². The number of fused-ring (bicyclic) bond motifs is 3. The molecule has 5 aliphatic rings. The maximum atomic E-state index is 14.1. The lowest BCUT2D eigenvalue weighted by Crippen LogP contribution is -2.63. The molecule has 0 aromatic heterocycles. The smallest absolute Gasteiger partial charge is 0.305 e. The Morgan fingerprint density at radius 1 is 1.12 bits per heavy atom. The van der Waals surface area contributed by atoms with Gasteiger partial charge >= 0.3 is 11.9 Å². The molecule has 1 spiro atoms. The molecule has 184 valence electrons. The van der Waals surface area contributed by atoms with E-state index >= 15 is 0 Å². The number of hydrogen-bond donors (Lipinski definition) is 0. The Bertz CT molecular complexity index is 854. The van der Waals surface area contributed by atoms with Crippen LogP contribution in [0.15, 0.2) is 0 Å². The fourth-order valence-electron chi connectivity index (χ4n) is 9.32. The summed E-state index contributed by atoms with van der Waals surface area (Å²) in [7, 11) is 1.44. The zero-order valence-electron chi connectivity index (χ0n) is 20.9. The highest BCUT2D eigenvalue weighted by Gasteiger charge is 2.83. The number of esters is 2. The Kier molecular flexibility index (Phi) is 5.51. The maximum absolute atomic E-state index is 14.1. The van der Waals surface area contributed by atoms with Gasteiger partial charge in [0.15, 0.2) is 5.78 Å². The fraction of sp³-hybridized carbons (Fsp3) is 0.889. The molecule has 0 amide bonds. The normalized spacial score (nSPS) is 48.6. The van der Waals surface area contributed by atoms with Crippen LogP contribution < -0.4 is 0 Å². The molecule has 10 unspecified atom stereocenters. The number of hydrogen-bond acceptors (Lipinski definition) is 6. The van der Waals surface area contributed by atoms with Crippen LogP contribution in [0, 0.1) is 40.4 Å². The molecule has 33 heavy (non-hydrogen) atoms. The molecule has 0 radical (unpaired) electrons. The zero-order chi connectivity index (χ0) is 23.8. The largest absolute Gasteiger partial charge is 0.469 e. The van der Waals surface area contributed by atoms with Gasteiger partial charge in [-0.2, -0.15) is 0 Å². The summed E-state index contributed by atoms with van der Waals surface area (Å²) in [4.78, 5) is 37.3. The molecule has 0 aromatic rings. The van der Waals surface area contributed by atoms with Crippen LogP contribution >= 0.6 is 0 Å². The van der Waals surface area contributed by atoms with Crippen molar-refractivity contribution in [3.63, 3.8) is 0 Å². The molecule has 4 saturated carbocycles. The Balaban J connectivity index is 1.38. The first kappa shape index (κ1) is 23.3. The summed E-state index contributed by atoms with van der Waals surface area (Å²) in [6.07, 6.45) is 7.98. The number of rotatable bonds is 5. The van der Waals surface area contributed by atoms with Gasteiger partial charge in [-0.3, -0.25) is 14.4 Å². The molecule has 5 rings (SSSR count). The quantitative estimate of drug-likeness (QED) is 0.444. The van der Waals surface area contributed by atoms with Gasteiger partial charge in [0, 0.05) is 24.2 Å². The van der Waals surface area contributed by atoms with Crippen LogP contribution in [-0.2, 0) is 28.6 Å². The Labute approximate surface area is 197 Å². The standard InChI is InChI=1S/C27H40O6/c1-15(6-11-22(29)31-5)19-9-10-20-21-8-7-17-14-18(32-16(2)28)12-13-25(17,3)27(21)24(33-27)23(30)26(19,20)4/h15,17-21,24H,6-14H2,1-5H3. The van der Waals surface area contributed by atoms with E-state index in [-0.39, 0.29) is 40.6 Å². The summed E-state index contributed by atoms with van der Waals surface area (Å²) in [5, 5.41) is 0. The van der Waals surface area contributed by atoms with Crippen LogP contribution in [0.4, 0.5) is 0 Å². The minimum absolute atomic E-state index is 0.00167. The van der Waals surface area contributed by atoms with Gasteiger partial charge in [-0.15, -0.1) is 0 Å². The number of carbonyl (C=O) groups is 3. The monoisotopic (exact) mass is 460 g/mol. The molecule has 1 saturated heterocycles. The van der Waals surface area contributed by atoms with E-state index < -0.39 is 0 Å². The van der Waals surface area contributed by atoms with Crippen molar-refractivity contribution in [2.75, 3.05) is 7.11 Å². The third-order valence-corrected chi connectivity index (χ3v) is 11.0. The van der Waals surface area contributed by atoms with Crippen molar-refractivity contribution in [3.8, 4) is 0 Å². The van der Waals surface area contributed by atoms with Gasteiger partial charge in [0.1, 0.15) is 17.8 Å². The van der Waals surface area contributed by atoms with E-state index in [1.54, 1.807) is 0 Å². The van der Waals surface area contributed by atoms with Crippen LogP contribution in [0.3, 0.4) is 0 Å². The maximum Gasteiger partial charge on any atom is 0.305 e. The second-order valence-electron chi connectivity index (χ2n) is 12.1. The van der Waals surface area contributed by atoms with Crippen molar-refractivity contribution < 1.29 is 28.6 Å². The van der Waals surface area contributed by atoms with Crippen molar-refractivity contribution in [2.24, 2.45) is 40.4 Å². The lowest BCUT2D eigenvalue weighted by Gasteiger charge is -2.58. The van der Waals surface area contributed by atoms with E-state index in [1.807, 2.05) is 0 Å². The first-order valence-corrected chi connectivity index (χ1v) is 13.1. The summed E-state index contributed by atoms with van der Waals surface area (Å²) in [5.74, 6) is 1.78. The third-order valence-electron chi connectivity index (χ3n) is 11.0. The van der Waals surface area contributed by atoms with E-state index in [0.717, 1.165) is 51.4 Å². The van der Waals surface area contributed by atoms with E-state index in [1.165, 1.54) is 14.0 Å². The van der Waals surface area contributed by atoms with Crippen LogP contribution in [0.1, 0.15) is 85.5 Å². The van der Waals surface area contributed by atoms with E-state index in [4.69, 9.17) is 14.2 Å². The number of carbonyl (C=O) groups excluding carboxylic acids is 3. The van der Waals surface area contributed by atoms with Crippen LogP contribution in [0.2, 0.25) is 0 Å². The molecular formula is C27H40O6. The highest BCUT2D eigenvalue weighted by atomic mass is 16.6. The number of methoxy groups -OCH3 is 1. The molecule has 4 aliphatic carbocycles. The van der Waals surface area contributed by atoms with E-state index in [2.05, 4.69) is 20.8 Å². The minimum Gasteiger partial charge on any atom is -0.469 e. The van der Waals surface area contributed by atoms with Gasteiger partial charge in [-0.25, -0.2) is 0 Å². The molecule has 6 nitrogen and oxygen atoms in total. The zero-order valence-corrected chi connectivity index (χ0v) is 20.9. The second kappa shape index (κ2) is 7.79. The van der Waals surface area contributed by atoms with Crippen LogP contribution in [0.25, 0.3) is 0 Å². The topological polar surface area (TPSA) is 82.2 Å². The van der Waals surface area contributed by atoms with Gasteiger partial charge in [0.25, 0.3) is 0 Å². The van der Waals surface area contributed by atoms with Gasteiger partial charge in [-0.1, -0.05) is 20.8 Å². The Morgan fingerprint density at radius 3 is 2.55 bits per heavy atom. The molecule has 6 heteroatoms. The van der Waals surface area contributed by atoms with Crippen molar-refractivity contribution in [3.05, 3.63) is 0 Å². The highest BCUT2D eigenvalue weighted by Crippen LogP contribution is 2.75. The van der Waals surface area contributed by atoms with Crippen molar-refractivity contribution >= 4 is 17.7 Å². The van der Waals surface area contributed by atoms with Gasteiger partial charge < -0.3 is 14.2 Å². The Morgan fingerprint density at radius 2 is 1.85 bits per heavy atom. The fourth-order valence-corrected chi connectivity index (χ4v) is 9.32. The highest BCUT2D eigenvalue weighted by molar-refractivity contribution is 5.94. The minimum atomic E-state index is -0.358. The molecule has 0 N–H and O–H groups in total. The summed E-state index contributed by atoms with van der Waals surface area (Å²) in [6, 6.07) is 0. The predicted molar refractivity (Wildman–Crippen MR) is 121 cm³/mol. The molecule has 0 aromatic carbocycles. The first-order chi connectivity index (χ1) is 15.6. The SMILES string of the molecule is COC(=O)CCC(C)C1CCC2C3CCC4CC(OC(C)=O)CCC4(C)C34OC4C(=O)C12C. The predicted octanol–water partition coefficient (Wildman–Crippen LogP) is 4.48. The lowest BCUT2D eigenvalue weighted by molar-refractivity contribution is -0.161. The van der Waals surface area contributed by atoms with Crippen LogP contribution in [0.5, 0.6) is 0 Å². The number of Topliss-reactive ketones (excluding diaryl/α,β-unsaturated/α-hetero) is 1. The molecule has 1 aliphatic heterocycles. The van der Waals surface area contributed by atoms with E-state index in [0.29, 0.717) is 41.8 Å². The van der Waals surface area contributed by atoms with Gasteiger partial charge in [-0.05, 0) is 81.0 Å². The molecule has 0 bridgehead atoms. The molecule has 1 heterocycles. The average Bonchev–Trinajstić information content (AvgIpc) is 3.43. The first-order valence-electron chi connectivity index (χ1n) is 13.1. The molecule has 5 fully saturated rings. The summed E-state index contributed by atoms with van der Waals surface area (Å²) in [5.41, 5.74) is -0.700. The van der Waals surface area contributed by atoms with Crippen LogP contribution in [-0.4, -0.2) is 42.6 Å². The van der Waals surface area contributed by atoms with E-state index in [9.17, 15) is 14.4 Å².